The monoisotopic (exact) mass is 1100 g/mol. The molecule has 14 heavy (non-hydrogen) atoms. The van der Waals surface area contributed by atoms with E-state index in [2.05, 4.69) is 0 Å². The van der Waals surface area contributed by atoms with Crippen LogP contribution < -0.4 is 0 Å². The van der Waals surface area contributed by atoms with Gasteiger partial charge in [-0.3, -0.25) is 0 Å². The van der Waals surface area contributed by atoms with Crippen LogP contribution in [0.3, 0.4) is 0 Å². The van der Waals surface area contributed by atoms with E-state index in [1.807, 2.05) is 0 Å². The predicted octanol–water partition coefficient (Wildman–Crippen LogP) is 0.871. The van der Waals surface area contributed by atoms with E-state index in [9.17, 15) is 0 Å². The third-order valence-electron chi connectivity index (χ3n) is 0. The van der Waals surface area contributed by atoms with Gasteiger partial charge in [-0.05, 0) is 0 Å². The molecule has 0 aliphatic rings. The van der Waals surface area contributed by atoms with Gasteiger partial charge in [0.25, 0.3) is 0 Å². The van der Waals surface area contributed by atoms with Crippen LogP contribution in [0.5, 0.6) is 0 Å². The first kappa shape index (κ1) is 107. The third kappa shape index (κ3) is 84.6. The zero-order valence-electron chi connectivity index (χ0n) is 8.93. The Balaban J connectivity index is 0. The molecule has 12 heteroatoms. The summed E-state index contributed by atoms with van der Waals surface area (Å²) in [5, 5.41) is 0. The molecular weight excluding hydrogens is 1090 g/mol. The van der Waals surface area contributed by atoms with Crippen LogP contribution in [-0.4, -0.2) is 0 Å². The molecule has 0 rings (SSSR count). The minimum absolute atomic E-state index is 0. The topological polar surface area (TPSA) is 0 Å². The first-order chi connectivity index (χ1) is 0. The summed E-state index contributed by atoms with van der Waals surface area (Å²) in [4.78, 5) is 0. The van der Waals surface area contributed by atoms with Crippen LogP contribution in [0.25, 0.3) is 0 Å². The Labute approximate surface area is 393 Å². The molecule has 0 unspecified atom stereocenters. The molecule has 0 aromatic heterocycles. The van der Waals surface area contributed by atoms with Gasteiger partial charge in [0, 0.05) is 393 Å². The van der Waals surface area contributed by atoms with Gasteiger partial charge in [-0.1, -0.05) is 0 Å². The second kappa shape index (κ2) is 95.3. The first-order valence-electron chi connectivity index (χ1n) is 0. The van der Waals surface area contributed by atoms with Crippen molar-refractivity contribution in [3.8, 4) is 0 Å². The van der Waals surface area contributed by atoms with Crippen molar-refractivity contribution < 1.29 is 393 Å². The second-order valence-electron chi connectivity index (χ2n) is 0. The van der Waals surface area contributed by atoms with Gasteiger partial charge in [0.05, 0.1) is 0 Å². The van der Waals surface area contributed by atoms with Gasteiger partial charge < -0.3 is 14.9 Å². The zero-order valence-corrected chi connectivity index (χ0v) is 43.0. The molecule has 0 spiro atoms. The van der Waals surface area contributed by atoms with Crippen LogP contribution in [0.4, 0.5) is 0 Å². The van der Waals surface area contributed by atoms with Crippen LogP contribution in [0, 0.1) is 14.9 Å². The van der Waals surface area contributed by atoms with Gasteiger partial charge in [-0.25, -0.2) is 0 Å². The standard InChI is InChI=1S/2CH3.12Y/h2*1H3;;;;;;;;;;;;/q2*-1;;;;;;;;;;;;. The summed E-state index contributed by atoms with van der Waals surface area (Å²) in [5.74, 6) is 0. The van der Waals surface area contributed by atoms with Crippen molar-refractivity contribution in [2.24, 2.45) is 0 Å². The summed E-state index contributed by atoms with van der Waals surface area (Å²) in [6, 6.07) is 0. The second-order valence-corrected chi connectivity index (χ2v) is 0. The van der Waals surface area contributed by atoms with Crippen molar-refractivity contribution in [3.05, 3.63) is 14.9 Å². The molecule has 0 bridgehead atoms. The summed E-state index contributed by atoms with van der Waals surface area (Å²) < 4.78 is 0. The molecule has 0 saturated carbocycles. The molecule has 0 fully saturated rings. The molecule has 0 N–H and O–H groups in total. The summed E-state index contributed by atoms with van der Waals surface area (Å²) >= 11 is 0. The van der Waals surface area contributed by atoms with E-state index in [1.165, 1.54) is 0 Å². The van der Waals surface area contributed by atoms with E-state index < -0.39 is 0 Å². The number of hydrogen-bond donors (Lipinski definition) is 0. The fourth-order valence-corrected chi connectivity index (χ4v) is 0. The predicted molar refractivity (Wildman–Crippen MR) is 12.8 cm³/mol. The average molecular weight is 1100 g/mol. The molecule has 0 heterocycles. The molecule has 0 aromatic carbocycles. The molecule has 0 nitrogen and oxygen atoms in total. The van der Waals surface area contributed by atoms with E-state index in [0.29, 0.717) is 0 Å². The largest absolute Gasteiger partial charge is 0.358 e. The molecular formula is C2H6Y12-2. The van der Waals surface area contributed by atoms with Gasteiger partial charge in [0.15, 0.2) is 0 Å². The Morgan fingerprint density at radius 2 is 0.143 bits per heavy atom. The minimum Gasteiger partial charge on any atom is -0.358 e. The Morgan fingerprint density at radius 1 is 0.143 bits per heavy atom. The fraction of sp³-hybridized carbons (Fsp3) is 0. The fourth-order valence-electron chi connectivity index (χ4n) is 0. The van der Waals surface area contributed by atoms with Crippen LogP contribution in [-0.2, 0) is 393 Å². The van der Waals surface area contributed by atoms with E-state index in [4.69, 9.17) is 0 Å². The molecule has 52 valence electrons. The minimum atomic E-state index is 0. The van der Waals surface area contributed by atoms with Crippen molar-refractivity contribution in [2.45, 2.75) is 0 Å². The van der Waals surface area contributed by atoms with Crippen molar-refractivity contribution in [2.75, 3.05) is 0 Å². The summed E-state index contributed by atoms with van der Waals surface area (Å²) in [6.07, 6.45) is 0. The quantitative estimate of drug-likeness (QED) is 0.317. The van der Waals surface area contributed by atoms with E-state index >= 15 is 0 Å². The van der Waals surface area contributed by atoms with Crippen molar-refractivity contribution in [3.63, 3.8) is 0 Å². The summed E-state index contributed by atoms with van der Waals surface area (Å²) in [5.41, 5.74) is 0. The van der Waals surface area contributed by atoms with E-state index in [-0.39, 0.29) is 407 Å². The maximum absolute atomic E-state index is 0. The molecule has 0 amide bonds. The zero-order chi connectivity index (χ0) is 0. The van der Waals surface area contributed by atoms with Crippen LogP contribution in [0.15, 0.2) is 0 Å². The van der Waals surface area contributed by atoms with E-state index in [1.54, 1.807) is 0 Å². The maximum atomic E-state index is 0. The van der Waals surface area contributed by atoms with Crippen LogP contribution in [0.2, 0.25) is 0 Å². The van der Waals surface area contributed by atoms with Crippen molar-refractivity contribution in [1.82, 2.24) is 0 Å². The van der Waals surface area contributed by atoms with Crippen LogP contribution in [0.1, 0.15) is 0 Å². The Hall–Kier alpha value is 13.2. The summed E-state index contributed by atoms with van der Waals surface area (Å²) in [6.45, 7) is 0. The van der Waals surface area contributed by atoms with Crippen LogP contribution >= 0.6 is 0 Å². The third-order valence-corrected chi connectivity index (χ3v) is 0. The van der Waals surface area contributed by atoms with E-state index in [0.717, 1.165) is 0 Å². The smallest absolute Gasteiger partial charge is 0 e. The molecule has 0 aliphatic heterocycles. The maximum Gasteiger partial charge on any atom is 0 e. The number of hydrogen-bond acceptors (Lipinski definition) is 0. The Morgan fingerprint density at radius 3 is 0.143 bits per heavy atom. The Bertz CT molecular complexity index is 8.28. The summed E-state index contributed by atoms with van der Waals surface area (Å²) in [7, 11) is 0. The van der Waals surface area contributed by atoms with Gasteiger partial charge in [-0.15, -0.1) is 0 Å². The normalized spacial score (nSPS) is 0. The molecule has 0 aromatic rings. The Kier molecular flexibility index (Phi) is 728. The van der Waals surface area contributed by atoms with Gasteiger partial charge in [0.2, 0.25) is 0 Å². The van der Waals surface area contributed by atoms with Gasteiger partial charge in [-0.2, -0.15) is 0 Å². The van der Waals surface area contributed by atoms with Gasteiger partial charge in [0.1, 0.15) is 0 Å². The average Bonchev–Trinajstić information content (AvgIpc) is 0. The van der Waals surface area contributed by atoms with Gasteiger partial charge >= 0.3 is 0 Å². The molecule has 0 saturated heterocycles. The first-order valence-corrected chi connectivity index (χ1v) is 0. The SMILES string of the molecule is [CH3-].[CH3-].[Y].[Y].[Y].[Y].[Y].[Y].[Y].[Y].[Y].[Y].[Y].[Y]. The number of rotatable bonds is 0. The molecule has 0 aliphatic carbocycles. The van der Waals surface area contributed by atoms with Crippen molar-refractivity contribution in [1.29, 1.82) is 0 Å². The van der Waals surface area contributed by atoms with Crippen molar-refractivity contribution >= 4 is 0 Å². The molecule has 12 radical (unpaired) electrons. The molecule has 0 atom stereocenters.